The number of hydrogen-bond donors (Lipinski definition) is 1. The molecule has 7 nitrogen and oxygen atoms in total. The fourth-order valence-corrected chi connectivity index (χ4v) is 5.31. The number of amides is 2. The Bertz CT molecular complexity index is 1350. The van der Waals surface area contributed by atoms with Gasteiger partial charge in [0.25, 0.3) is 0 Å². The smallest absolute Gasteiger partial charge is 0.244 e. The lowest BCUT2D eigenvalue weighted by molar-refractivity contribution is -0.140. The molecule has 0 aliphatic carbocycles. The molecule has 3 aromatic rings. The minimum absolute atomic E-state index is 0.0698. The van der Waals surface area contributed by atoms with Crippen LogP contribution in [-0.4, -0.2) is 50.0 Å². The lowest BCUT2D eigenvalue weighted by Crippen LogP contribution is -2.54. The third-order valence-electron chi connectivity index (χ3n) is 5.74. The molecular weight excluding hydrogens is 590 g/mol. The summed E-state index contributed by atoms with van der Waals surface area (Å²) in [5.41, 5.74) is 1.93. The second-order valence-electron chi connectivity index (χ2n) is 9.27. The van der Waals surface area contributed by atoms with Gasteiger partial charge in [0.2, 0.25) is 21.8 Å². The Morgan fingerprint density at radius 1 is 0.947 bits per heavy atom. The number of carbonyl (C=O) groups excluding carboxylic acids is 2. The zero-order valence-corrected chi connectivity index (χ0v) is 24.6. The molecule has 3 aromatic carbocycles. The molecule has 0 spiro atoms. The van der Waals surface area contributed by atoms with Crippen LogP contribution in [0, 0.1) is 0 Å². The minimum atomic E-state index is -3.81. The molecule has 1 N–H and O–H groups in total. The Hall–Kier alpha value is -2.88. The van der Waals surface area contributed by atoms with Gasteiger partial charge >= 0.3 is 0 Å². The number of rotatable bonds is 11. The van der Waals surface area contributed by atoms with E-state index in [9.17, 15) is 18.0 Å². The van der Waals surface area contributed by atoms with E-state index in [1.165, 1.54) is 4.90 Å². The van der Waals surface area contributed by atoms with Crippen LogP contribution in [0.4, 0.5) is 5.69 Å². The van der Waals surface area contributed by atoms with Crippen LogP contribution in [0.1, 0.15) is 25.0 Å². The summed E-state index contributed by atoms with van der Waals surface area (Å²) in [5, 5.41) is 3.42. The van der Waals surface area contributed by atoms with Crippen molar-refractivity contribution in [3.63, 3.8) is 0 Å². The van der Waals surface area contributed by atoms with Crippen molar-refractivity contribution >= 4 is 55.1 Å². The van der Waals surface area contributed by atoms with Crippen molar-refractivity contribution in [3.05, 3.63) is 99.5 Å². The van der Waals surface area contributed by atoms with Crippen LogP contribution in [0.25, 0.3) is 0 Å². The molecule has 0 saturated carbocycles. The first-order valence-electron chi connectivity index (χ1n) is 12.1. The second kappa shape index (κ2) is 13.3. The number of anilines is 1. The van der Waals surface area contributed by atoms with Crippen LogP contribution in [-0.2, 0) is 32.6 Å². The molecule has 0 aromatic heterocycles. The normalized spacial score (nSPS) is 12.2. The van der Waals surface area contributed by atoms with Crippen LogP contribution < -0.4 is 9.62 Å². The average Bonchev–Trinajstić information content (AvgIpc) is 2.85. The Morgan fingerprint density at radius 3 is 2.16 bits per heavy atom. The second-order valence-corrected chi connectivity index (χ2v) is 12.5. The molecule has 3 rings (SSSR count). The first-order chi connectivity index (χ1) is 17.9. The fraction of sp³-hybridized carbons (Fsp3) is 0.286. The van der Waals surface area contributed by atoms with Crippen LogP contribution in [0.2, 0.25) is 5.02 Å². The summed E-state index contributed by atoms with van der Waals surface area (Å²) in [7, 11) is -3.81. The van der Waals surface area contributed by atoms with Crippen LogP contribution >= 0.6 is 27.5 Å². The SMILES string of the molecule is CC(C)NC(=O)C(Cc1ccccc1)N(Cc1cccc(Cl)c1)C(=O)CN(c1ccc(Br)cc1)S(C)(=O)=O. The van der Waals surface area contributed by atoms with Crippen molar-refractivity contribution in [1.82, 2.24) is 10.2 Å². The van der Waals surface area contributed by atoms with Crippen LogP contribution in [0.15, 0.2) is 83.3 Å². The number of carbonyl (C=O) groups is 2. The van der Waals surface area contributed by atoms with E-state index in [0.717, 1.165) is 26.2 Å². The van der Waals surface area contributed by atoms with E-state index in [2.05, 4.69) is 21.2 Å². The van der Waals surface area contributed by atoms with Crippen LogP contribution in [0.5, 0.6) is 0 Å². The molecule has 10 heteroatoms. The van der Waals surface area contributed by atoms with Crippen molar-refractivity contribution in [2.24, 2.45) is 0 Å². The zero-order chi connectivity index (χ0) is 27.9. The van der Waals surface area contributed by atoms with E-state index >= 15 is 0 Å². The van der Waals surface area contributed by atoms with E-state index in [4.69, 9.17) is 11.6 Å². The van der Waals surface area contributed by atoms with Crippen molar-refractivity contribution in [1.29, 1.82) is 0 Å². The Kier molecular flexibility index (Phi) is 10.4. The van der Waals surface area contributed by atoms with Gasteiger partial charge in [-0.15, -0.1) is 0 Å². The molecule has 0 fully saturated rings. The zero-order valence-electron chi connectivity index (χ0n) is 21.5. The number of hydrogen-bond acceptors (Lipinski definition) is 4. The molecule has 2 amide bonds. The molecule has 0 heterocycles. The summed E-state index contributed by atoms with van der Waals surface area (Å²) in [5.74, 6) is -0.841. The van der Waals surface area contributed by atoms with Gasteiger partial charge < -0.3 is 10.2 Å². The van der Waals surface area contributed by atoms with Gasteiger partial charge in [0.15, 0.2) is 0 Å². The van der Waals surface area contributed by atoms with Gasteiger partial charge in [-0.1, -0.05) is 70.0 Å². The fourth-order valence-electron chi connectivity index (χ4n) is 3.99. The summed E-state index contributed by atoms with van der Waals surface area (Å²) >= 11 is 9.56. The highest BCUT2D eigenvalue weighted by Gasteiger charge is 2.33. The molecular formula is C28H31BrClN3O4S. The number of benzene rings is 3. The summed E-state index contributed by atoms with van der Waals surface area (Å²) in [6, 6.07) is 22.0. The van der Waals surface area contributed by atoms with Gasteiger partial charge in [0.1, 0.15) is 12.6 Å². The maximum Gasteiger partial charge on any atom is 0.244 e. The van der Waals surface area contributed by atoms with E-state index in [-0.39, 0.29) is 24.9 Å². The summed E-state index contributed by atoms with van der Waals surface area (Å²) < 4.78 is 27.4. The highest BCUT2D eigenvalue weighted by atomic mass is 79.9. The van der Waals surface area contributed by atoms with Crippen molar-refractivity contribution in [2.75, 3.05) is 17.1 Å². The molecule has 202 valence electrons. The Morgan fingerprint density at radius 2 is 1.58 bits per heavy atom. The summed E-state index contributed by atoms with van der Waals surface area (Å²) in [4.78, 5) is 28.9. The summed E-state index contributed by atoms with van der Waals surface area (Å²) in [6.45, 7) is 3.29. The first-order valence-corrected chi connectivity index (χ1v) is 15.1. The molecule has 0 bridgehead atoms. The molecule has 1 atom stereocenters. The van der Waals surface area contributed by atoms with E-state index in [1.807, 2.05) is 50.2 Å². The molecule has 0 aliphatic rings. The maximum atomic E-state index is 13.9. The Balaban J connectivity index is 2.05. The molecule has 0 aliphatic heterocycles. The number of nitrogens with one attached hydrogen (secondary N) is 1. The van der Waals surface area contributed by atoms with Crippen molar-refractivity contribution in [2.45, 2.75) is 38.9 Å². The largest absolute Gasteiger partial charge is 0.352 e. The summed E-state index contributed by atoms with van der Waals surface area (Å²) in [6.07, 6.45) is 1.30. The number of halogens is 2. The van der Waals surface area contributed by atoms with Gasteiger partial charge in [-0.05, 0) is 61.4 Å². The minimum Gasteiger partial charge on any atom is -0.352 e. The number of sulfonamides is 1. The van der Waals surface area contributed by atoms with E-state index < -0.39 is 28.5 Å². The average molecular weight is 621 g/mol. The van der Waals surface area contributed by atoms with Gasteiger partial charge in [0.05, 0.1) is 11.9 Å². The van der Waals surface area contributed by atoms with Crippen LogP contribution in [0.3, 0.4) is 0 Å². The Labute approximate surface area is 238 Å². The van der Waals surface area contributed by atoms with E-state index in [0.29, 0.717) is 10.7 Å². The predicted molar refractivity (Wildman–Crippen MR) is 156 cm³/mol. The lowest BCUT2D eigenvalue weighted by Gasteiger charge is -2.34. The standard InChI is InChI=1S/C28H31BrClN3O4S/c1-20(2)31-28(35)26(17-21-8-5-4-6-9-21)32(18-22-10-7-11-24(30)16-22)27(34)19-33(38(3,36)37)25-14-12-23(29)13-15-25/h4-16,20,26H,17-19H2,1-3H3,(H,31,35). The van der Waals surface area contributed by atoms with Gasteiger partial charge in [0, 0.05) is 28.5 Å². The maximum absolute atomic E-state index is 13.9. The first kappa shape index (κ1) is 29.7. The lowest BCUT2D eigenvalue weighted by atomic mass is 10.0. The number of nitrogens with zero attached hydrogens (tertiary/aromatic N) is 2. The topological polar surface area (TPSA) is 86.8 Å². The quantitative estimate of drug-likeness (QED) is 0.326. The molecule has 0 saturated heterocycles. The third kappa shape index (κ3) is 8.58. The highest BCUT2D eigenvalue weighted by molar-refractivity contribution is 9.10. The van der Waals surface area contributed by atoms with Crippen molar-refractivity contribution < 1.29 is 18.0 Å². The van der Waals surface area contributed by atoms with Gasteiger partial charge in [-0.2, -0.15) is 0 Å². The predicted octanol–water partition coefficient (Wildman–Crippen LogP) is 5.03. The van der Waals surface area contributed by atoms with Gasteiger partial charge in [-0.3, -0.25) is 13.9 Å². The molecule has 1 unspecified atom stereocenters. The van der Waals surface area contributed by atoms with Crippen molar-refractivity contribution in [3.8, 4) is 0 Å². The van der Waals surface area contributed by atoms with E-state index in [1.54, 1.807) is 42.5 Å². The van der Waals surface area contributed by atoms with Gasteiger partial charge in [-0.25, -0.2) is 8.42 Å². The molecule has 0 radical (unpaired) electrons. The molecule has 38 heavy (non-hydrogen) atoms. The monoisotopic (exact) mass is 619 g/mol. The third-order valence-corrected chi connectivity index (χ3v) is 7.64. The highest BCUT2D eigenvalue weighted by Crippen LogP contribution is 2.23.